The number of hydrogen-bond acceptors (Lipinski definition) is 6. The van der Waals surface area contributed by atoms with Crippen LogP contribution < -0.4 is 16.0 Å². The third kappa shape index (κ3) is 14.0. The summed E-state index contributed by atoms with van der Waals surface area (Å²) in [6, 6.07) is 15.5. The first-order chi connectivity index (χ1) is 19.5. The number of anilines is 2. The summed E-state index contributed by atoms with van der Waals surface area (Å²) < 4.78 is 63.5. The average Bonchev–Trinajstić information content (AvgIpc) is 3.43. The number of aromatic nitrogens is 2. The van der Waals surface area contributed by atoms with Crippen molar-refractivity contribution in [2.24, 2.45) is 0 Å². The highest BCUT2D eigenvalue weighted by molar-refractivity contribution is 5.94. The van der Waals surface area contributed by atoms with Crippen molar-refractivity contribution in [3.63, 3.8) is 0 Å². The molecule has 0 aliphatic carbocycles. The molecule has 0 atom stereocenters. The van der Waals surface area contributed by atoms with Crippen molar-refractivity contribution in [1.82, 2.24) is 20.4 Å². The molecule has 17 heteroatoms. The molecule has 3 rings (SSSR count). The zero-order valence-corrected chi connectivity index (χ0v) is 22.2. The fourth-order valence-electron chi connectivity index (χ4n) is 2.75. The number of carbonyl (C=O) groups is 3. The molecule has 0 spiro atoms. The lowest BCUT2D eigenvalue weighted by atomic mass is 10.1. The van der Waals surface area contributed by atoms with E-state index in [1.165, 1.54) is 0 Å². The molecule has 0 fully saturated rings. The van der Waals surface area contributed by atoms with Gasteiger partial charge in [0.25, 0.3) is 0 Å². The molecule has 0 saturated heterocycles. The maximum absolute atomic E-state index is 12.4. The second kappa shape index (κ2) is 16.5. The normalized spacial score (nSPS) is 10.9. The van der Waals surface area contributed by atoms with Crippen LogP contribution in [-0.2, 0) is 16.1 Å². The van der Waals surface area contributed by atoms with Crippen LogP contribution in [0.15, 0.2) is 60.9 Å². The maximum atomic E-state index is 12.4. The summed E-state index contributed by atoms with van der Waals surface area (Å²) in [6.07, 6.45) is -6.54. The summed E-state index contributed by atoms with van der Waals surface area (Å²) in [6.45, 7) is 2.13. The number of carbonyl (C=O) groups excluding carboxylic acids is 1. The molecule has 0 aliphatic heterocycles. The average molecular weight is 607 g/mol. The van der Waals surface area contributed by atoms with Gasteiger partial charge in [-0.15, -0.1) is 0 Å². The van der Waals surface area contributed by atoms with E-state index in [-0.39, 0.29) is 6.03 Å². The molecule has 6 N–H and O–H groups in total. The number of aliphatic carboxylic acids is 2. The van der Waals surface area contributed by atoms with Crippen LogP contribution in [0.1, 0.15) is 5.56 Å². The van der Waals surface area contributed by atoms with Crippen molar-refractivity contribution in [2.45, 2.75) is 18.9 Å². The fraction of sp³-hybridized carbons (Fsp3) is 0.280. The molecule has 1 aromatic heterocycles. The van der Waals surface area contributed by atoms with E-state index in [0.717, 1.165) is 41.2 Å². The van der Waals surface area contributed by atoms with Gasteiger partial charge in [0, 0.05) is 31.4 Å². The molecular formula is C25H28F6N6O5. The molecule has 2 amide bonds. The number of likely N-dealkylation sites (N-methyl/N-ethyl adjacent to an activating group) is 1. The highest BCUT2D eigenvalue weighted by atomic mass is 19.4. The Balaban J connectivity index is 0.000000522. The quantitative estimate of drug-likeness (QED) is 0.202. The van der Waals surface area contributed by atoms with Gasteiger partial charge in [0.1, 0.15) is 0 Å². The van der Waals surface area contributed by atoms with Crippen molar-refractivity contribution in [1.29, 1.82) is 0 Å². The summed E-state index contributed by atoms with van der Waals surface area (Å²) >= 11 is 0. The Labute approximate surface area is 235 Å². The summed E-state index contributed by atoms with van der Waals surface area (Å²) in [5, 5.41) is 30.3. The Morgan fingerprint density at radius 3 is 1.93 bits per heavy atom. The number of alkyl halides is 6. The van der Waals surface area contributed by atoms with Gasteiger partial charge in [0.05, 0.1) is 17.6 Å². The monoisotopic (exact) mass is 606 g/mol. The van der Waals surface area contributed by atoms with Gasteiger partial charge in [-0.25, -0.2) is 14.4 Å². The minimum atomic E-state index is -5.08. The molecule has 42 heavy (non-hydrogen) atoms. The van der Waals surface area contributed by atoms with Crippen LogP contribution in [0.2, 0.25) is 0 Å². The van der Waals surface area contributed by atoms with E-state index in [9.17, 15) is 31.1 Å². The third-order valence-electron chi connectivity index (χ3n) is 4.75. The van der Waals surface area contributed by atoms with Crippen molar-refractivity contribution in [3.05, 3.63) is 66.5 Å². The Hall–Kier alpha value is -4.80. The molecule has 1 heterocycles. The van der Waals surface area contributed by atoms with Crippen LogP contribution in [0.5, 0.6) is 0 Å². The van der Waals surface area contributed by atoms with Gasteiger partial charge < -0.3 is 31.1 Å². The van der Waals surface area contributed by atoms with Crippen molar-refractivity contribution >= 4 is 29.3 Å². The van der Waals surface area contributed by atoms with Crippen LogP contribution in [0, 0.1) is 0 Å². The Morgan fingerprint density at radius 2 is 1.45 bits per heavy atom. The van der Waals surface area contributed by atoms with Crippen LogP contribution in [0.3, 0.4) is 0 Å². The summed E-state index contributed by atoms with van der Waals surface area (Å²) in [4.78, 5) is 32.3. The molecule has 0 radical (unpaired) electrons. The van der Waals surface area contributed by atoms with E-state index < -0.39 is 24.3 Å². The van der Waals surface area contributed by atoms with Crippen LogP contribution >= 0.6 is 0 Å². The highest BCUT2D eigenvalue weighted by Crippen LogP contribution is 2.28. The molecule has 230 valence electrons. The molecular weight excluding hydrogens is 578 g/mol. The van der Waals surface area contributed by atoms with Gasteiger partial charge in [0.2, 0.25) is 0 Å². The number of nitrogens with one attached hydrogen (secondary N) is 4. The zero-order chi connectivity index (χ0) is 31.9. The standard InChI is InChI=1S/C21H26N6O.2C2HF3O2/c1-27(2)11-10-22-20-12-17(18-14-24-25-15-18)8-9-19(20)26-21(28)23-13-16-6-4-3-5-7-16;2*3-2(4,5)1(6)7/h3-9,12,14-15,22H,10-11,13H2,1-2H3,(H,24,25)(H2,23,26,28);2*(H,6,7). The predicted octanol–water partition coefficient (Wildman–Crippen LogP) is 4.64. The number of benzene rings is 2. The third-order valence-corrected chi connectivity index (χ3v) is 4.75. The summed E-state index contributed by atoms with van der Waals surface area (Å²) in [5.41, 5.74) is 4.68. The minimum Gasteiger partial charge on any atom is -0.475 e. The molecule has 0 unspecified atom stereocenters. The first kappa shape index (κ1) is 35.2. The molecule has 3 aromatic rings. The predicted molar refractivity (Wildman–Crippen MR) is 141 cm³/mol. The van der Waals surface area contributed by atoms with Crippen molar-refractivity contribution in [2.75, 3.05) is 37.8 Å². The van der Waals surface area contributed by atoms with Crippen molar-refractivity contribution in [3.8, 4) is 11.1 Å². The Morgan fingerprint density at radius 1 is 0.881 bits per heavy atom. The van der Waals surface area contributed by atoms with Crippen LogP contribution in [0.25, 0.3) is 11.1 Å². The number of nitrogens with zero attached hydrogens (tertiary/aromatic N) is 2. The van der Waals surface area contributed by atoms with E-state index in [1.54, 1.807) is 6.20 Å². The minimum absolute atomic E-state index is 0.240. The summed E-state index contributed by atoms with van der Waals surface area (Å²) in [5.74, 6) is -5.51. The highest BCUT2D eigenvalue weighted by Gasteiger charge is 2.38. The van der Waals surface area contributed by atoms with Crippen LogP contribution in [-0.4, -0.2) is 82.8 Å². The van der Waals surface area contributed by atoms with Gasteiger partial charge in [0.15, 0.2) is 0 Å². The number of amides is 2. The van der Waals surface area contributed by atoms with Gasteiger partial charge in [-0.1, -0.05) is 36.4 Å². The lowest BCUT2D eigenvalue weighted by molar-refractivity contribution is -0.193. The number of hydrogen-bond donors (Lipinski definition) is 6. The largest absolute Gasteiger partial charge is 0.490 e. The maximum Gasteiger partial charge on any atom is 0.490 e. The first-order valence-electron chi connectivity index (χ1n) is 11.7. The molecule has 0 aliphatic rings. The number of carboxylic acids is 2. The van der Waals surface area contributed by atoms with E-state index in [4.69, 9.17) is 19.8 Å². The number of carboxylic acid groups (broad SMARTS) is 2. The Bertz CT molecular complexity index is 1250. The smallest absolute Gasteiger partial charge is 0.475 e. The molecule has 0 saturated carbocycles. The van der Waals surface area contributed by atoms with Gasteiger partial charge >= 0.3 is 30.3 Å². The van der Waals surface area contributed by atoms with Gasteiger partial charge in [-0.05, 0) is 37.4 Å². The van der Waals surface area contributed by atoms with Gasteiger partial charge in [-0.3, -0.25) is 5.10 Å². The number of H-pyrrole nitrogens is 1. The Kier molecular flexibility index (Phi) is 13.8. The molecule has 0 bridgehead atoms. The molecule has 11 nitrogen and oxygen atoms in total. The van der Waals surface area contributed by atoms with Gasteiger partial charge in [-0.2, -0.15) is 31.4 Å². The number of rotatable bonds is 8. The lowest BCUT2D eigenvalue weighted by Gasteiger charge is -2.16. The van der Waals surface area contributed by atoms with E-state index in [1.807, 2.05) is 68.8 Å². The lowest BCUT2D eigenvalue weighted by Crippen LogP contribution is -2.28. The van der Waals surface area contributed by atoms with Crippen LogP contribution in [0.4, 0.5) is 42.5 Å². The van der Waals surface area contributed by atoms with E-state index in [0.29, 0.717) is 6.54 Å². The van der Waals surface area contributed by atoms with E-state index in [2.05, 4.69) is 31.0 Å². The van der Waals surface area contributed by atoms with Crippen molar-refractivity contribution < 1.29 is 50.9 Å². The summed E-state index contributed by atoms with van der Waals surface area (Å²) in [7, 11) is 4.06. The van der Waals surface area contributed by atoms with E-state index >= 15 is 0 Å². The fourth-order valence-corrected chi connectivity index (χ4v) is 2.75. The SMILES string of the molecule is CN(C)CCNc1cc(-c2cn[nH]c2)ccc1NC(=O)NCc1ccccc1.O=C(O)C(F)(F)F.O=C(O)C(F)(F)F. The number of aromatic amines is 1. The number of urea groups is 1. The number of halogens is 6. The first-order valence-corrected chi connectivity index (χ1v) is 11.7. The molecule has 2 aromatic carbocycles. The topological polar surface area (TPSA) is 160 Å². The second-order valence-corrected chi connectivity index (χ2v) is 8.38. The second-order valence-electron chi connectivity index (χ2n) is 8.38. The zero-order valence-electron chi connectivity index (χ0n) is 22.2.